The number of aliphatic hydroxyl groups is 1. The molecule has 3 atom stereocenters. The Kier molecular flexibility index (Phi) is 5.40. The van der Waals surface area contributed by atoms with E-state index in [4.69, 9.17) is 16.7 Å². The Balaban J connectivity index is 1.79. The van der Waals surface area contributed by atoms with Gasteiger partial charge in [0.1, 0.15) is 0 Å². The second kappa shape index (κ2) is 7.23. The highest BCUT2D eigenvalue weighted by atomic mass is 35.5. The molecule has 2 fully saturated rings. The molecule has 1 saturated carbocycles. The number of carbonyl (C=O) groups is 2. The van der Waals surface area contributed by atoms with Gasteiger partial charge in [0.15, 0.2) is 0 Å². The van der Waals surface area contributed by atoms with Crippen LogP contribution < -0.4 is 5.32 Å². The first kappa shape index (κ1) is 20.9. The molecule has 1 saturated heterocycles. The first-order valence-corrected chi connectivity index (χ1v) is 10.1. The van der Waals surface area contributed by atoms with Crippen LogP contribution in [-0.4, -0.2) is 45.7 Å². The van der Waals surface area contributed by atoms with Gasteiger partial charge in [-0.15, -0.1) is 0 Å². The number of halogens is 1. The van der Waals surface area contributed by atoms with Crippen LogP contribution in [0.1, 0.15) is 52.0 Å². The third-order valence-electron chi connectivity index (χ3n) is 6.73. The zero-order valence-electron chi connectivity index (χ0n) is 16.7. The van der Waals surface area contributed by atoms with Crippen molar-refractivity contribution in [3.63, 3.8) is 0 Å². The third kappa shape index (κ3) is 3.60. The van der Waals surface area contributed by atoms with Crippen LogP contribution in [0.3, 0.4) is 0 Å². The molecule has 3 N–H and O–H groups in total. The van der Waals surface area contributed by atoms with E-state index in [1.165, 1.54) is 0 Å². The van der Waals surface area contributed by atoms with Crippen LogP contribution in [0.2, 0.25) is 5.02 Å². The van der Waals surface area contributed by atoms with Crippen molar-refractivity contribution in [2.45, 2.75) is 57.6 Å². The first-order chi connectivity index (χ1) is 13.0. The second-order valence-electron chi connectivity index (χ2n) is 9.05. The third-order valence-corrected chi connectivity index (χ3v) is 6.98. The van der Waals surface area contributed by atoms with E-state index in [1.54, 1.807) is 17.0 Å². The summed E-state index contributed by atoms with van der Waals surface area (Å²) >= 11 is 5.98. The minimum absolute atomic E-state index is 0.0278. The molecule has 1 aromatic carbocycles. The second-order valence-corrected chi connectivity index (χ2v) is 9.49. The molecule has 0 aromatic heterocycles. The highest BCUT2D eigenvalue weighted by Crippen LogP contribution is 2.47. The van der Waals surface area contributed by atoms with E-state index in [9.17, 15) is 14.7 Å². The lowest BCUT2D eigenvalue weighted by molar-refractivity contribution is -0.158. The standard InChI is InChI=1S/C21H29ClN2O4/c1-19(2)13-24(12-11-21(19,28)14-6-8-15(22)9-7-14)17(25)16-5-4-10-20(16,3)23-18(26)27/h6-9,16,23,28H,4-5,10-13H2,1-3H3,(H,26,27)/t16-,20-,21+/m1/s1. The summed E-state index contributed by atoms with van der Waals surface area (Å²) in [5, 5.41) is 23.8. The van der Waals surface area contributed by atoms with Gasteiger partial charge in [-0.25, -0.2) is 4.79 Å². The van der Waals surface area contributed by atoms with Crippen LogP contribution in [-0.2, 0) is 10.4 Å². The van der Waals surface area contributed by atoms with Crippen molar-refractivity contribution in [1.29, 1.82) is 0 Å². The first-order valence-electron chi connectivity index (χ1n) is 9.77. The van der Waals surface area contributed by atoms with Gasteiger partial charge in [0.25, 0.3) is 0 Å². The molecule has 2 aliphatic rings. The largest absolute Gasteiger partial charge is 0.465 e. The number of nitrogens with zero attached hydrogens (tertiary/aromatic N) is 1. The van der Waals surface area contributed by atoms with E-state index in [1.807, 2.05) is 32.9 Å². The normalized spacial score (nSPS) is 32.2. The van der Waals surface area contributed by atoms with Gasteiger partial charge in [0.05, 0.1) is 17.1 Å². The maximum atomic E-state index is 13.3. The van der Waals surface area contributed by atoms with Crippen molar-refractivity contribution in [2.75, 3.05) is 13.1 Å². The SMILES string of the molecule is CC1(C)CN(C(=O)[C@H]2CCC[C@@]2(C)NC(=O)O)CC[C@]1(O)c1ccc(Cl)cc1. The van der Waals surface area contributed by atoms with Crippen LogP contribution in [0.25, 0.3) is 0 Å². The fourth-order valence-electron chi connectivity index (χ4n) is 4.95. The van der Waals surface area contributed by atoms with E-state index in [2.05, 4.69) is 5.32 Å². The summed E-state index contributed by atoms with van der Waals surface area (Å²) in [6.45, 7) is 6.58. The van der Waals surface area contributed by atoms with Crippen molar-refractivity contribution in [3.8, 4) is 0 Å². The van der Waals surface area contributed by atoms with Crippen LogP contribution in [0, 0.1) is 11.3 Å². The van der Waals surface area contributed by atoms with Crippen LogP contribution in [0.4, 0.5) is 4.79 Å². The number of hydrogen-bond acceptors (Lipinski definition) is 3. The molecule has 2 amide bonds. The van der Waals surface area contributed by atoms with Crippen LogP contribution in [0.5, 0.6) is 0 Å². The monoisotopic (exact) mass is 408 g/mol. The molecule has 0 spiro atoms. The fourth-order valence-corrected chi connectivity index (χ4v) is 5.07. The highest BCUT2D eigenvalue weighted by molar-refractivity contribution is 6.30. The molecule has 6 nitrogen and oxygen atoms in total. The van der Waals surface area contributed by atoms with Gasteiger partial charge in [0, 0.05) is 23.5 Å². The van der Waals surface area contributed by atoms with Gasteiger partial charge in [-0.3, -0.25) is 4.79 Å². The van der Waals surface area contributed by atoms with Gasteiger partial charge < -0.3 is 20.4 Å². The Morgan fingerprint density at radius 2 is 1.82 bits per heavy atom. The number of carboxylic acid groups (broad SMARTS) is 1. The Morgan fingerprint density at radius 1 is 1.18 bits per heavy atom. The number of rotatable bonds is 3. The molecule has 1 heterocycles. The summed E-state index contributed by atoms with van der Waals surface area (Å²) in [5.74, 6) is -0.402. The summed E-state index contributed by atoms with van der Waals surface area (Å²) in [5.41, 5.74) is -1.57. The molecule has 7 heteroatoms. The number of benzene rings is 1. The van der Waals surface area contributed by atoms with Gasteiger partial charge >= 0.3 is 6.09 Å². The lowest BCUT2D eigenvalue weighted by Gasteiger charge is -2.51. The lowest BCUT2D eigenvalue weighted by Crippen LogP contribution is -2.60. The molecule has 0 radical (unpaired) electrons. The van der Waals surface area contributed by atoms with Crippen molar-refractivity contribution >= 4 is 23.6 Å². The Labute approximate surface area is 170 Å². The molecule has 28 heavy (non-hydrogen) atoms. The topological polar surface area (TPSA) is 89.9 Å². The summed E-state index contributed by atoms with van der Waals surface area (Å²) in [4.78, 5) is 26.3. The molecule has 1 aliphatic heterocycles. The van der Waals surface area contributed by atoms with Crippen molar-refractivity contribution in [1.82, 2.24) is 10.2 Å². The zero-order chi connectivity index (χ0) is 20.7. The number of nitrogens with one attached hydrogen (secondary N) is 1. The van der Waals surface area contributed by atoms with Gasteiger partial charge in [-0.1, -0.05) is 44.0 Å². The van der Waals surface area contributed by atoms with Gasteiger partial charge in [0.2, 0.25) is 5.91 Å². The molecule has 154 valence electrons. The lowest BCUT2D eigenvalue weighted by atomic mass is 9.66. The molecule has 1 aliphatic carbocycles. The van der Waals surface area contributed by atoms with Crippen molar-refractivity contribution in [2.24, 2.45) is 11.3 Å². The maximum Gasteiger partial charge on any atom is 0.405 e. The Morgan fingerprint density at radius 3 is 2.39 bits per heavy atom. The van der Waals surface area contributed by atoms with E-state index in [0.29, 0.717) is 37.4 Å². The van der Waals surface area contributed by atoms with Gasteiger partial charge in [-0.05, 0) is 43.9 Å². The summed E-state index contributed by atoms with van der Waals surface area (Å²) in [6.07, 6.45) is 1.47. The fraction of sp³-hybridized carbons (Fsp3) is 0.619. The predicted molar refractivity (Wildman–Crippen MR) is 107 cm³/mol. The Hall–Kier alpha value is -1.79. The van der Waals surface area contributed by atoms with Gasteiger partial charge in [-0.2, -0.15) is 0 Å². The van der Waals surface area contributed by atoms with E-state index in [0.717, 1.165) is 12.0 Å². The Bertz CT molecular complexity index is 766. The average Bonchev–Trinajstić information content (AvgIpc) is 2.97. The number of piperidine rings is 1. The molecule has 3 rings (SSSR count). The van der Waals surface area contributed by atoms with E-state index < -0.39 is 22.6 Å². The highest BCUT2D eigenvalue weighted by Gasteiger charge is 2.52. The summed E-state index contributed by atoms with van der Waals surface area (Å²) in [6, 6.07) is 7.22. The predicted octanol–water partition coefficient (Wildman–Crippen LogP) is 3.61. The zero-order valence-corrected chi connectivity index (χ0v) is 17.4. The average molecular weight is 409 g/mol. The summed E-state index contributed by atoms with van der Waals surface area (Å²) < 4.78 is 0. The smallest absolute Gasteiger partial charge is 0.405 e. The number of likely N-dealkylation sites (tertiary alicyclic amines) is 1. The van der Waals surface area contributed by atoms with Crippen LogP contribution in [0.15, 0.2) is 24.3 Å². The quantitative estimate of drug-likeness (QED) is 0.712. The minimum atomic E-state index is -1.10. The molecule has 1 aromatic rings. The molecular weight excluding hydrogens is 380 g/mol. The maximum absolute atomic E-state index is 13.3. The number of amides is 2. The number of hydrogen-bond donors (Lipinski definition) is 3. The molecule has 0 unspecified atom stereocenters. The molecular formula is C21H29ClN2O4. The van der Waals surface area contributed by atoms with Crippen molar-refractivity contribution < 1.29 is 19.8 Å². The van der Waals surface area contributed by atoms with Crippen LogP contribution >= 0.6 is 11.6 Å². The van der Waals surface area contributed by atoms with E-state index >= 15 is 0 Å². The molecule has 0 bridgehead atoms. The summed E-state index contributed by atoms with van der Waals surface area (Å²) in [7, 11) is 0. The minimum Gasteiger partial charge on any atom is -0.465 e. The van der Waals surface area contributed by atoms with Crippen molar-refractivity contribution in [3.05, 3.63) is 34.9 Å². The number of carbonyl (C=O) groups excluding carboxylic acids is 1. The van der Waals surface area contributed by atoms with E-state index in [-0.39, 0.29) is 11.8 Å².